The molecule has 71 heavy (non-hydrogen) atoms. The lowest BCUT2D eigenvalue weighted by molar-refractivity contribution is -0.167. The van der Waals surface area contributed by atoms with Crippen LogP contribution in [0.15, 0.2) is 122 Å². The first kappa shape index (κ1) is 66.8. The van der Waals surface area contributed by atoms with E-state index in [1.54, 1.807) is 0 Å². The molecule has 0 aliphatic rings. The molecule has 0 radical (unpaired) electrons. The van der Waals surface area contributed by atoms with Gasteiger partial charge in [-0.1, -0.05) is 245 Å². The van der Waals surface area contributed by atoms with E-state index in [4.69, 9.17) is 14.2 Å². The monoisotopic (exact) mass is 983 g/mol. The Morgan fingerprint density at radius 3 is 0.887 bits per heavy atom. The number of hydrogen-bond donors (Lipinski definition) is 0. The zero-order valence-electron chi connectivity index (χ0n) is 45.9. The minimum atomic E-state index is -0.802. The van der Waals surface area contributed by atoms with Gasteiger partial charge in [0.05, 0.1) is 0 Å². The maximum absolute atomic E-state index is 12.8. The van der Waals surface area contributed by atoms with Crippen molar-refractivity contribution in [3.05, 3.63) is 122 Å². The molecular weight excluding hydrogens is 877 g/mol. The van der Waals surface area contributed by atoms with Gasteiger partial charge in [-0.3, -0.25) is 14.4 Å². The van der Waals surface area contributed by atoms with Gasteiger partial charge in [-0.05, 0) is 109 Å². The normalized spacial score (nSPS) is 13.0. The number of ether oxygens (including phenoxy) is 3. The molecule has 0 bridgehead atoms. The van der Waals surface area contributed by atoms with Crippen molar-refractivity contribution in [2.45, 2.75) is 258 Å². The van der Waals surface area contributed by atoms with Gasteiger partial charge in [0.15, 0.2) is 6.10 Å². The zero-order valence-corrected chi connectivity index (χ0v) is 45.9. The summed E-state index contributed by atoms with van der Waals surface area (Å²) >= 11 is 0. The summed E-state index contributed by atoms with van der Waals surface area (Å²) in [7, 11) is 0. The maximum Gasteiger partial charge on any atom is 0.306 e. The number of rotatable bonds is 51. The SMILES string of the molecule is CC/C=C\C/C=C\C/C=C\C/C=C\C/C=C\C/C=C\CCCCC(=O)OC(COC(=O)CCCCCCCCC)COC(=O)CCCCCCCCCCCCCC/C=C\C/C=C\C/C=C\C/C=C\CC. The summed E-state index contributed by atoms with van der Waals surface area (Å²) in [5, 5.41) is 0. The van der Waals surface area contributed by atoms with Crippen molar-refractivity contribution in [2.24, 2.45) is 0 Å². The van der Waals surface area contributed by atoms with Gasteiger partial charge in [0.1, 0.15) is 13.2 Å². The van der Waals surface area contributed by atoms with Crippen LogP contribution < -0.4 is 0 Å². The largest absolute Gasteiger partial charge is 0.462 e. The fraction of sp³-hybridized carbons (Fsp3) is 0.646. The van der Waals surface area contributed by atoms with E-state index in [9.17, 15) is 14.4 Å². The Morgan fingerprint density at radius 1 is 0.296 bits per heavy atom. The van der Waals surface area contributed by atoms with E-state index in [0.717, 1.165) is 116 Å². The lowest BCUT2D eigenvalue weighted by Crippen LogP contribution is -2.30. The highest BCUT2D eigenvalue weighted by atomic mass is 16.6. The molecule has 0 aliphatic carbocycles. The standard InChI is InChI=1S/C65H106O6/c1-4-7-10-13-16-18-20-22-24-26-28-30-31-32-33-35-36-38-40-42-44-46-49-52-55-58-64(67)70-61-62(60-69-63(66)57-54-51-48-15-12-9-6-3)71-65(68)59-56-53-50-47-45-43-41-39-37-34-29-27-25-23-21-19-17-14-11-8-5-2/h7-8,10-11,16-19,22-25,28-30,34,39,41,45,47,62H,4-6,9,12-15,20-21,26-27,31-33,35-38,40,42-44,46,48-61H2,1-3H3/b10-7-,11-8-,18-16-,19-17-,24-22-,25-23-,30-28-,34-29-,41-39-,47-45-. The average Bonchev–Trinajstić information content (AvgIpc) is 3.37. The van der Waals surface area contributed by atoms with Crippen molar-refractivity contribution in [3.63, 3.8) is 0 Å². The highest BCUT2D eigenvalue weighted by Gasteiger charge is 2.19. The quantitative estimate of drug-likeness (QED) is 0.0261. The fourth-order valence-corrected chi connectivity index (χ4v) is 7.67. The Balaban J connectivity index is 4.27. The van der Waals surface area contributed by atoms with Crippen molar-refractivity contribution in [1.82, 2.24) is 0 Å². The van der Waals surface area contributed by atoms with Crippen LogP contribution in [0.1, 0.15) is 252 Å². The predicted octanol–water partition coefficient (Wildman–Crippen LogP) is 19.6. The summed E-state index contributed by atoms with van der Waals surface area (Å²) in [6, 6.07) is 0. The third-order valence-corrected chi connectivity index (χ3v) is 12.0. The number of carbonyl (C=O) groups excluding carboxylic acids is 3. The summed E-state index contributed by atoms with van der Waals surface area (Å²) < 4.78 is 16.8. The maximum atomic E-state index is 12.8. The number of unbranched alkanes of at least 4 members (excludes halogenated alkanes) is 20. The van der Waals surface area contributed by atoms with Crippen molar-refractivity contribution in [2.75, 3.05) is 13.2 Å². The Labute approximate surface area is 437 Å². The molecule has 6 heteroatoms. The molecule has 0 aromatic rings. The molecule has 0 rings (SSSR count). The van der Waals surface area contributed by atoms with Crippen LogP contribution in [0, 0.1) is 0 Å². The minimum absolute atomic E-state index is 0.0976. The minimum Gasteiger partial charge on any atom is -0.462 e. The van der Waals surface area contributed by atoms with Gasteiger partial charge >= 0.3 is 17.9 Å². The van der Waals surface area contributed by atoms with Crippen molar-refractivity contribution in [1.29, 1.82) is 0 Å². The van der Waals surface area contributed by atoms with Gasteiger partial charge in [0.25, 0.3) is 0 Å². The van der Waals surface area contributed by atoms with E-state index in [-0.39, 0.29) is 37.5 Å². The average molecular weight is 984 g/mol. The molecule has 0 aromatic heterocycles. The second-order valence-corrected chi connectivity index (χ2v) is 18.8. The molecule has 1 atom stereocenters. The first-order chi connectivity index (χ1) is 35.0. The van der Waals surface area contributed by atoms with E-state index in [0.29, 0.717) is 19.3 Å². The highest BCUT2D eigenvalue weighted by Crippen LogP contribution is 2.15. The van der Waals surface area contributed by atoms with Crippen molar-refractivity contribution in [3.8, 4) is 0 Å². The molecule has 6 nitrogen and oxygen atoms in total. The summed E-state index contributed by atoms with van der Waals surface area (Å²) in [5.41, 5.74) is 0. The Kier molecular flexibility index (Phi) is 54.9. The molecule has 0 amide bonds. The molecule has 0 saturated carbocycles. The summed E-state index contributed by atoms with van der Waals surface area (Å²) in [5.74, 6) is -0.952. The van der Waals surface area contributed by atoms with Crippen LogP contribution >= 0.6 is 0 Å². The van der Waals surface area contributed by atoms with Gasteiger partial charge in [-0.2, -0.15) is 0 Å². The van der Waals surface area contributed by atoms with Crippen molar-refractivity contribution < 1.29 is 28.6 Å². The molecule has 1 unspecified atom stereocenters. The van der Waals surface area contributed by atoms with Crippen LogP contribution in [0.5, 0.6) is 0 Å². The third kappa shape index (κ3) is 56.6. The first-order valence-electron chi connectivity index (χ1n) is 29.0. The highest BCUT2D eigenvalue weighted by molar-refractivity contribution is 5.71. The van der Waals surface area contributed by atoms with Crippen LogP contribution in [0.4, 0.5) is 0 Å². The number of esters is 3. The summed E-state index contributed by atoms with van der Waals surface area (Å²) in [6.45, 7) is 6.33. The molecule has 0 aliphatic heterocycles. The van der Waals surface area contributed by atoms with Gasteiger partial charge in [-0.15, -0.1) is 0 Å². The molecule has 402 valence electrons. The van der Waals surface area contributed by atoms with Crippen LogP contribution in [0.2, 0.25) is 0 Å². The number of allylic oxidation sites excluding steroid dienone is 20. The van der Waals surface area contributed by atoms with E-state index >= 15 is 0 Å². The predicted molar refractivity (Wildman–Crippen MR) is 306 cm³/mol. The molecule has 0 aromatic carbocycles. The molecular formula is C65H106O6. The smallest absolute Gasteiger partial charge is 0.306 e. The van der Waals surface area contributed by atoms with Crippen LogP contribution in [-0.2, 0) is 28.6 Å². The lowest BCUT2D eigenvalue weighted by Gasteiger charge is -2.18. The zero-order chi connectivity index (χ0) is 51.4. The van der Waals surface area contributed by atoms with E-state index < -0.39 is 6.10 Å². The van der Waals surface area contributed by atoms with Gasteiger partial charge in [0, 0.05) is 19.3 Å². The van der Waals surface area contributed by atoms with Crippen molar-refractivity contribution >= 4 is 17.9 Å². The second-order valence-electron chi connectivity index (χ2n) is 18.8. The Morgan fingerprint density at radius 2 is 0.549 bits per heavy atom. The molecule has 0 heterocycles. The molecule has 0 spiro atoms. The van der Waals surface area contributed by atoms with Gasteiger partial charge in [0.2, 0.25) is 0 Å². The van der Waals surface area contributed by atoms with Gasteiger partial charge in [-0.25, -0.2) is 0 Å². The van der Waals surface area contributed by atoms with E-state index in [1.165, 1.54) is 89.9 Å². The summed E-state index contributed by atoms with van der Waals surface area (Å²) in [6.07, 6.45) is 80.7. The fourth-order valence-electron chi connectivity index (χ4n) is 7.67. The molecule has 0 fully saturated rings. The van der Waals surface area contributed by atoms with E-state index in [2.05, 4.69) is 142 Å². The van der Waals surface area contributed by atoms with Crippen LogP contribution in [-0.4, -0.2) is 37.2 Å². The first-order valence-corrected chi connectivity index (χ1v) is 29.0. The second kappa shape index (κ2) is 58.4. The lowest BCUT2D eigenvalue weighted by atomic mass is 10.0. The molecule has 0 saturated heterocycles. The topological polar surface area (TPSA) is 78.9 Å². The van der Waals surface area contributed by atoms with Crippen LogP contribution in [0.3, 0.4) is 0 Å². The summed E-state index contributed by atoms with van der Waals surface area (Å²) in [4.78, 5) is 38.0. The third-order valence-electron chi connectivity index (χ3n) is 12.0. The number of hydrogen-bond acceptors (Lipinski definition) is 6. The van der Waals surface area contributed by atoms with Gasteiger partial charge < -0.3 is 14.2 Å². The Bertz CT molecular complexity index is 1500. The van der Waals surface area contributed by atoms with Crippen LogP contribution in [0.25, 0.3) is 0 Å². The number of carbonyl (C=O) groups is 3. The van der Waals surface area contributed by atoms with E-state index in [1.807, 2.05) is 0 Å². The Hall–Kier alpha value is -4.19. The molecule has 0 N–H and O–H groups in total.